The zero-order valence-corrected chi connectivity index (χ0v) is 17.0. The molecule has 0 radical (unpaired) electrons. The molecular formula is C20H19N3O3S2. The Morgan fingerprint density at radius 1 is 1.04 bits per heavy atom. The summed E-state index contributed by atoms with van der Waals surface area (Å²) in [5, 5.41) is 11.1. The number of benzene rings is 2. The van der Waals surface area contributed by atoms with Gasteiger partial charge in [0.1, 0.15) is 5.75 Å². The van der Waals surface area contributed by atoms with Gasteiger partial charge in [-0.3, -0.25) is 14.9 Å². The Kier molecular flexibility index (Phi) is 6.78. The minimum Gasteiger partial charge on any atom is -0.491 e. The highest BCUT2D eigenvalue weighted by atomic mass is 32.2. The van der Waals surface area contributed by atoms with Crippen molar-refractivity contribution in [1.82, 2.24) is 10.2 Å². The molecule has 1 amide bonds. The highest BCUT2D eigenvalue weighted by molar-refractivity contribution is 8.01. The van der Waals surface area contributed by atoms with E-state index in [0.29, 0.717) is 26.3 Å². The van der Waals surface area contributed by atoms with Crippen LogP contribution in [0.4, 0.5) is 5.13 Å². The smallest absolute Gasteiger partial charge is 0.257 e. The van der Waals surface area contributed by atoms with Gasteiger partial charge in [-0.25, -0.2) is 0 Å². The number of aromatic nitrogens is 2. The van der Waals surface area contributed by atoms with E-state index in [4.69, 9.17) is 4.74 Å². The maximum absolute atomic E-state index is 12.3. The molecule has 1 N–H and O–H groups in total. The van der Waals surface area contributed by atoms with E-state index >= 15 is 0 Å². The minimum atomic E-state index is -0.274. The Balaban J connectivity index is 1.54. The van der Waals surface area contributed by atoms with Crippen molar-refractivity contribution in [2.24, 2.45) is 0 Å². The molecule has 0 aliphatic rings. The normalized spacial score (nSPS) is 10.7. The Hall–Kier alpha value is -2.71. The lowest BCUT2D eigenvalue weighted by atomic mass is 10.2. The van der Waals surface area contributed by atoms with Crippen LogP contribution >= 0.6 is 23.1 Å². The van der Waals surface area contributed by atoms with Gasteiger partial charge in [0.25, 0.3) is 5.91 Å². The first kappa shape index (κ1) is 20.0. The number of nitrogens with zero attached hydrogens (tertiary/aromatic N) is 2. The van der Waals surface area contributed by atoms with E-state index in [0.717, 1.165) is 0 Å². The number of Topliss-reactive ketones (excluding diaryl/α,β-unsaturated/α-hetero) is 1. The van der Waals surface area contributed by atoms with Crippen LogP contribution in [-0.4, -0.2) is 33.7 Å². The summed E-state index contributed by atoms with van der Waals surface area (Å²) in [5.41, 5.74) is 1.16. The number of thioether (sulfide) groups is 1. The summed E-state index contributed by atoms with van der Waals surface area (Å²) >= 11 is 2.54. The van der Waals surface area contributed by atoms with Crippen LogP contribution in [0.15, 0.2) is 58.9 Å². The lowest BCUT2D eigenvalue weighted by Gasteiger charge is -2.09. The maximum Gasteiger partial charge on any atom is 0.257 e. The van der Waals surface area contributed by atoms with Crippen LogP contribution < -0.4 is 10.1 Å². The van der Waals surface area contributed by atoms with Crippen LogP contribution in [0.5, 0.6) is 5.75 Å². The average Bonchev–Trinajstić information content (AvgIpc) is 3.14. The summed E-state index contributed by atoms with van der Waals surface area (Å²) in [6.07, 6.45) is 0.0748. The van der Waals surface area contributed by atoms with Gasteiger partial charge in [-0.15, -0.1) is 10.2 Å². The number of hydrogen-bond acceptors (Lipinski definition) is 7. The third-order valence-electron chi connectivity index (χ3n) is 3.54. The minimum absolute atomic E-state index is 0.0232. The van der Waals surface area contributed by atoms with Gasteiger partial charge in [-0.1, -0.05) is 53.4 Å². The molecule has 3 rings (SSSR count). The molecule has 0 aliphatic heterocycles. The molecule has 1 aromatic heterocycles. The Bertz CT molecular complexity index is 941. The summed E-state index contributed by atoms with van der Waals surface area (Å²) in [5.74, 6) is 0.729. The van der Waals surface area contributed by atoms with Crippen LogP contribution in [0.25, 0.3) is 0 Å². The first-order valence-electron chi connectivity index (χ1n) is 8.64. The van der Waals surface area contributed by atoms with Gasteiger partial charge in [0.15, 0.2) is 10.1 Å². The quantitative estimate of drug-likeness (QED) is 0.331. The molecule has 0 fully saturated rings. The van der Waals surface area contributed by atoms with Crippen molar-refractivity contribution in [3.05, 3.63) is 65.7 Å². The number of carbonyl (C=O) groups excluding carboxylic acids is 2. The highest BCUT2D eigenvalue weighted by Gasteiger charge is 2.13. The summed E-state index contributed by atoms with van der Waals surface area (Å²) in [6.45, 7) is 3.89. The predicted molar refractivity (Wildman–Crippen MR) is 112 cm³/mol. The topological polar surface area (TPSA) is 81.2 Å². The second-order valence-electron chi connectivity index (χ2n) is 6.10. The molecule has 0 bridgehead atoms. The van der Waals surface area contributed by atoms with Gasteiger partial charge in [-0.2, -0.15) is 0 Å². The molecule has 0 aliphatic carbocycles. The van der Waals surface area contributed by atoms with E-state index in [-0.39, 0.29) is 23.5 Å². The standard InChI is InChI=1S/C20H19N3O3S2/c1-13(2)26-16-10-8-15(9-11-16)18(25)21-19-22-23-20(28-19)27-12-17(24)14-6-4-3-5-7-14/h3-11,13H,12H2,1-2H3,(H,21,22,25). The molecule has 0 spiro atoms. The van der Waals surface area contributed by atoms with Crippen molar-refractivity contribution in [3.8, 4) is 5.75 Å². The molecule has 0 saturated heterocycles. The van der Waals surface area contributed by atoms with Crippen LogP contribution in [0.3, 0.4) is 0 Å². The molecule has 0 atom stereocenters. The van der Waals surface area contributed by atoms with E-state index in [2.05, 4.69) is 15.5 Å². The van der Waals surface area contributed by atoms with Crippen molar-refractivity contribution in [3.63, 3.8) is 0 Å². The zero-order valence-electron chi connectivity index (χ0n) is 15.4. The molecule has 2 aromatic carbocycles. The number of carbonyl (C=O) groups is 2. The fourth-order valence-electron chi connectivity index (χ4n) is 2.28. The van der Waals surface area contributed by atoms with Crippen molar-refractivity contribution in [1.29, 1.82) is 0 Å². The van der Waals surface area contributed by atoms with Crippen LogP contribution in [-0.2, 0) is 0 Å². The highest BCUT2D eigenvalue weighted by Crippen LogP contribution is 2.26. The van der Waals surface area contributed by atoms with E-state index in [1.807, 2.05) is 32.0 Å². The van der Waals surface area contributed by atoms with Gasteiger partial charge in [-0.05, 0) is 38.1 Å². The fourth-order valence-corrected chi connectivity index (χ4v) is 3.92. The van der Waals surface area contributed by atoms with Crippen LogP contribution in [0.2, 0.25) is 0 Å². The summed E-state index contributed by atoms with van der Waals surface area (Å²) in [7, 11) is 0. The second-order valence-corrected chi connectivity index (χ2v) is 8.30. The SMILES string of the molecule is CC(C)Oc1ccc(C(=O)Nc2nnc(SCC(=O)c3ccccc3)s2)cc1. The first-order chi connectivity index (χ1) is 13.5. The Morgan fingerprint density at radius 3 is 2.43 bits per heavy atom. The van der Waals surface area contributed by atoms with Crippen molar-refractivity contribution >= 4 is 39.9 Å². The molecular weight excluding hydrogens is 394 g/mol. The van der Waals surface area contributed by atoms with E-state index in [1.165, 1.54) is 23.1 Å². The average molecular weight is 414 g/mol. The fraction of sp³-hybridized carbons (Fsp3) is 0.200. The van der Waals surface area contributed by atoms with Crippen LogP contribution in [0.1, 0.15) is 34.6 Å². The maximum atomic E-state index is 12.3. The summed E-state index contributed by atoms with van der Waals surface area (Å²) < 4.78 is 6.19. The third kappa shape index (κ3) is 5.64. The van der Waals surface area contributed by atoms with E-state index < -0.39 is 0 Å². The molecule has 28 heavy (non-hydrogen) atoms. The van der Waals surface area contributed by atoms with Crippen molar-refractivity contribution in [2.45, 2.75) is 24.3 Å². The van der Waals surface area contributed by atoms with Crippen molar-refractivity contribution < 1.29 is 14.3 Å². The lowest BCUT2D eigenvalue weighted by molar-refractivity contribution is 0.101. The molecule has 144 valence electrons. The Labute approximate surface area is 171 Å². The predicted octanol–water partition coefficient (Wildman–Crippen LogP) is 4.55. The van der Waals surface area contributed by atoms with E-state index in [1.54, 1.807) is 36.4 Å². The molecule has 3 aromatic rings. The van der Waals surface area contributed by atoms with Gasteiger partial charge in [0.05, 0.1) is 11.9 Å². The largest absolute Gasteiger partial charge is 0.491 e. The number of nitrogens with one attached hydrogen (secondary N) is 1. The lowest BCUT2D eigenvalue weighted by Crippen LogP contribution is -2.12. The molecule has 8 heteroatoms. The van der Waals surface area contributed by atoms with E-state index in [9.17, 15) is 9.59 Å². The summed E-state index contributed by atoms with van der Waals surface area (Å²) in [6, 6.07) is 16.0. The first-order valence-corrected chi connectivity index (χ1v) is 10.4. The number of ether oxygens (including phenoxy) is 1. The second kappa shape index (κ2) is 9.48. The molecule has 0 unspecified atom stereocenters. The Morgan fingerprint density at radius 2 is 1.75 bits per heavy atom. The zero-order chi connectivity index (χ0) is 19.9. The van der Waals surface area contributed by atoms with Gasteiger partial charge in [0, 0.05) is 11.1 Å². The number of ketones is 1. The number of hydrogen-bond donors (Lipinski definition) is 1. The van der Waals surface area contributed by atoms with Crippen molar-refractivity contribution in [2.75, 3.05) is 11.1 Å². The summed E-state index contributed by atoms with van der Waals surface area (Å²) in [4.78, 5) is 24.5. The molecule has 1 heterocycles. The molecule has 0 saturated carbocycles. The monoisotopic (exact) mass is 413 g/mol. The molecule has 6 nitrogen and oxygen atoms in total. The third-order valence-corrected chi connectivity index (χ3v) is 5.51. The van der Waals surface area contributed by atoms with Gasteiger partial charge in [0.2, 0.25) is 5.13 Å². The van der Waals surface area contributed by atoms with Gasteiger partial charge < -0.3 is 4.74 Å². The number of amides is 1. The number of anilines is 1. The number of rotatable bonds is 8. The van der Waals surface area contributed by atoms with Crippen LogP contribution in [0, 0.1) is 0 Å². The van der Waals surface area contributed by atoms with Gasteiger partial charge >= 0.3 is 0 Å².